The van der Waals surface area contributed by atoms with Crippen LogP contribution < -0.4 is 0 Å². The summed E-state index contributed by atoms with van der Waals surface area (Å²) >= 11 is 3.25. The Bertz CT molecular complexity index is 327. The smallest absolute Gasteiger partial charge is 0.232 e. The lowest BCUT2D eigenvalue weighted by Crippen LogP contribution is -2.27. The summed E-state index contributed by atoms with van der Waals surface area (Å²) in [4.78, 5) is 14.7. The highest BCUT2D eigenvalue weighted by atomic mass is 32.2. The normalized spacial score (nSPS) is 12.4. The molecule has 1 N–H and O–H groups in total. The maximum Gasteiger partial charge on any atom is 0.232 e. The SMILES string of the molecule is CC(CO)CSCC(=O)N(C)Cc1cccs1. The fourth-order valence-corrected chi connectivity index (χ4v) is 3.01. The van der Waals surface area contributed by atoms with Gasteiger partial charge in [-0.3, -0.25) is 4.79 Å². The van der Waals surface area contributed by atoms with Gasteiger partial charge in [-0.2, -0.15) is 11.8 Å². The minimum atomic E-state index is 0.147. The average Bonchev–Trinajstić information content (AvgIpc) is 2.81. The maximum atomic E-state index is 11.8. The Balaban J connectivity index is 2.23. The molecule has 0 aliphatic rings. The predicted molar refractivity (Wildman–Crippen MR) is 74.4 cm³/mol. The zero-order valence-electron chi connectivity index (χ0n) is 10.3. The van der Waals surface area contributed by atoms with Gasteiger partial charge in [-0.05, 0) is 23.1 Å². The second-order valence-corrected chi connectivity index (χ2v) is 6.19. The molecule has 1 rings (SSSR count). The van der Waals surface area contributed by atoms with Gasteiger partial charge in [-0.25, -0.2) is 0 Å². The second-order valence-electron chi connectivity index (χ2n) is 4.13. The summed E-state index contributed by atoms with van der Waals surface area (Å²) in [6, 6.07) is 4.03. The molecule has 1 heterocycles. The van der Waals surface area contributed by atoms with Crippen LogP contribution in [-0.4, -0.2) is 41.1 Å². The van der Waals surface area contributed by atoms with Crippen LogP contribution in [0.1, 0.15) is 11.8 Å². The van der Waals surface area contributed by atoms with Crippen molar-refractivity contribution < 1.29 is 9.90 Å². The van der Waals surface area contributed by atoms with Gasteiger partial charge < -0.3 is 10.0 Å². The third-order valence-electron chi connectivity index (χ3n) is 2.34. The van der Waals surface area contributed by atoms with Crippen LogP contribution in [0.3, 0.4) is 0 Å². The molecule has 0 radical (unpaired) electrons. The van der Waals surface area contributed by atoms with E-state index < -0.39 is 0 Å². The Morgan fingerprint density at radius 3 is 3.00 bits per heavy atom. The lowest BCUT2D eigenvalue weighted by atomic mass is 10.2. The highest BCUT2D eigenvalue weighted by Gasteiger charge is 2.10. The summed E-state index contributed by atoms with van der Waals surface area (Å²) in [5, 5.41) is 10.9. The Hall–Kier alpha value is -0.520. The van der Waals surface area contributed by atoms with E-state index in [1.165, 1.54) is 4.88 Å². The number of carbonyl (C=O) groups is 1. The van der Waals surface area contributed by atoms with E-state index >= 15 is 0 Å². The number of aliphatic hydroxyl groups excluding tert-OH is 1. The fraction of sp³-hybridized carbons (Fsp3) is 0.583. The van der Waals surface area contributed by atoms with Crippen LogP contribution in [0, 0.1) is 5.92 Å². The number of aliphatic hydroxyl groups is 1. The molecule has 17 heavy (non-hydrogen) atoms. The minimum absolute atomic E-state index is 0.147. The lowest BCUT2D eigenvalue weighted by Gasteiger charge is -2.16. The van der Waals surface area contributed by atoms with E-state index in [2.05, 4.69) is 0 Å². The lowest BCUT2D eigenvalue weighted by molar-refractivity contribution is -0.127. The van der Waals surface area contributed by atoms with Crippen molar-refractivity contribution >= 4 is 29.0 Å². The number of rotatable bonds is 7. The number of hydrogen-bond donors (Lipinski definition) is 1. The van der Waals surface area contributed by atoms with Crippen molar-refractivity contribution in [3.63, 3.8) is 0 Å². The molecule has 0 spiro atoms. The van der Waals surface area contributed by atoms with Crippen LogP contribution in [0.4, 0.5) is 0 Å². The first kappa shape index (κ1) is 14.5. The summed E-state index contributed by atoms with van der Waals surface area (Å²) in [6.45, 7) is 2.85. The van der Waals surface area contributed by atoms with Gasteiger partial charge in [0.1, 0.15) is 0 Å². The average molecular weight is 273 g/mol. The van der Waals surface area contributed by atoms with E-state index in [4.69, 9.17) is 5.11 Å². The van der Waals surface area contributed by atoms with Gasteiger partial charge in [0, 0.05) is 18.5 Å². The van der Waals surface area contributed by atoms with Crippen LogP contribution >= 0.6 is 23.1 Å². The number of hydrogen-bond acceptors (Lipinski definition) is 4. The molecule has 96 valence electrons. The van der Waals surface area contributed by atoms with E-state index in [0.29, 0.717) is 12.3 Å². The molecule has 1 amide bonds. The minimum Gasteiger partial charge on any atom is -0.396 e. The van der Waals surface area contributed by atoms with Gasteiger partial charge >= 0.3 is 0 Å². The summed E-state index contributed by atoms with van der Waals surface area (Å²) in [5.41, 5.74) is 0. The standard InChI is InChI=1S/C12H19NO2S2/c1-10(7-14)8-16-9-12(15)13(2)6-11-4-3-5-17-11/h3-5,10,14H,6-9H2,1-2H3. The van der Waals surface area contributed by atoms with Crippen LogP contribution in [0.2, 0.25) is 0 Å². The first-order valence-corrected chi connectivity index (χ1v) is 7.62. The van der Waals surface area contributed by atoms with E-state index in [1.54, 1.807) is 28.0 Å². The predicted octanol–water partition coefficient (Wildman–Crippen LogP) is 2.07. The molecule has 1 atom stereocenters. The first-order valence-electron chi connectivity index (χ1n) is 5.58. The van der Waals surface area contributed by atoms with Crippen molar-refractivity contribution in [3.8, 4) is 0 Å². The molecule has 1 unspecified atom stereocenters. The van der Waals surface area contributed by atoms with Crippen molar-refractivity contribution in [2.75, 3.05) is 25.2 Å². The molecule has 1 aromatic rings. The first-order chi connectivity index (χ1) is 8.13. The molecular weight excluding hydrogens is 254 g/mol. The van der Waals surface area contributed by atoms with Crippen molar-refractivity contribution in [2.24, 2.45) is 5.92 Å². The highest BCUT2D eigenvalue weighted by Crippen LogP contribution is 2.13. The number of thiophene rings is 1. The van der Waals surface area contributed by atoms with Gasteiger partial charge in [0.05, 0.1) is 12.3 Å². The van der Waals surface area contributed by atoms with E-state index in [1.807, 2.05) is 31.5 Å². The molecule has 0 saturated heterocycles. The van der Waals surface area contributed by atoms with Gasteiger partial charge in [0.15, 0.2) is 0 Å². The third-order valence-corrected chi connectivity index (χ3v) is 4.46. The molecular formula is C12H19NO2S2. The van der Waals surface area contributed by atoms with E-state index in [-0.39, 0.29) is 18.4 Å². The molecule has 0 bridgehead atoms. The Morgan fingerprint density at radius 1 is 1.65 bits per heavy atom. The summed E-state index contributed by atoms with van der Waals surface area (Å²) in [6.07, 6.45) is 0. The van der Waals surface area contributed by atoms with Gasteiger partial charge in [-0.1, -0.05) is 13.0 Å². The molecule has 0 aliphatic heterocycles. The summed E-state index contributed by atoms with van der Waals surface area (Å²) < 4.78 is 0. The van der Waals surface area contributed by atoms with Crippen LogP contribution in [0.25, 0.3) is 0 Å². The fourth-order valence-electron chi connectivity index (χ4n) is 1.23. The van der Waals surface area contributed by atoms with Crippen molar-refractivity contribution in [1.29, 1.82) is 0 Å². The number of carbonyl (C=O) groups excluding carboxylic acids is 1. The largest absolute Gasteiger partial charge is 0.396 e. The second kappa shape index (κ2) is 7.74. The van der Waals surface area contributed by atoms with Crippen LogP contribution in [-0.2, 0) is 11.3 Å². The topological polar surface area (TPSA) is 40.5 Å². The van der Waals surface area contributed by atoms with Crippen LogP contribution in [0.15, 0.2) is 17.5 Å². The van der Waals surface area contributed by atoms with E-state index in [9.17, 15) is 4.79 Å². The number of nitrogens with zero attached hydrogens (tertiary/aromatic N) is 1. The van der Waals surface area contributed by atoms with Gasteiger partial charge in [0.2, 0.25) is 5.91 Å². The summed E-state index contributed by atoms with van der Waals surface area (Å²) in [7, 11) is 1.83. The highest BCUT2D eigenvalue weighted by molar-refractivity contribution is 7.99. The third kappa shape index (κ3) is 5.57. The zero-order valence-corrected chi connectivity index (χ0v) is 11.9. The van der Waals surface area contributed by atoms with Crippen molar-refractivity contribution in [3.05, 3.63) is 22.4 Å². The molecule has 0 aromatic carbocycles. The Morgan fingerprint density at radius 2 is 2.41 bits per heavy atom. The Labute approximate surface area is 111 Å². The molecule has 0 saturated carbocycles. The van der Waals surface area contributed by atoms with Gasteiger partial charge in [-0.15, -0.1) is 11.3 Å². The van der Waals surface area contributed by atoms with Gasteiger partial charge in [0.25, 0.3) is 0 Å². The Kier molecular flexibility index (Phi) is 6.62. The van der Waals surface area contributed by atoms with Crippen molar-refractivity contribution in [1.82, 2.24) is 4.90 Å². The molecule has 0 aliphatic carbocycles. The monoisotopic (exact) mass is 273 g/mol. The molecule has 1 aromatic heterocycles. The number of amides is 1. The quantitative estimate of drug-likeness (QED) is 0.827. The summed E-state index contributed by atoms with van der Waals surface area (Å²) in [5.74, 6) is 1.73. The van der Waals surface area contributed by atoms with E-state index in [0.717, 1.165) is 5.75 Å². The zero-order chi connectivity index (χ0) is 12.7. The molecule has 0 fully saturated rings. The molecule has 3 nitrogen and oxygen atoms in total. The number of thioether (sulfide) groups is 1. The van der Waals surface area contributed by atoms with Crippen molar-refractivity contribution in [2.45, 2.75) is 13.5 Å². The van der Waals surface area contributed by atoms with Crippen LogP contribution in [0.5, 0.6) is 0 Å². The maximum absolute atomic E-state index is 11.8. The molecule has 5 heteroatoms.